The lowest BCUT2D eigenvalue weighted by atomic mass is 10.3. The van der Waals surface area contributed by atoms with Crippen LogP contribution in [0.25, 0.3) is 0 Å². The first-order valence-electron chi connectivity index (χ1n) is 3.43. The number of alkyl halides is 3. The molecule has 0 saturated heterocycles. The van der Waals surface area contributed by atoms with Crippen LogP contribution in [0, 0.1) is 18.3 Å². The molecule has 0 fully saturated rings. The van der Waals surface area contributed by atoms with Gasteiger partial charge in [-0.2, -0.15) is 23.5 Å². The Bertz CT molecular complexity index is 345. The van der Waals surface area contributed by atoms with Gasteiger partial charge in [0.15, 0.2) is 0 Å². The maximum atomic E-state index is 11.8. The van der Waals surface area contributed by atoms with E-state index in [1.165, 1.54) is 6.92 Å². The van der Waals surface area contributed by atoms with Crippen LogP contribution in [-0.2, 0) is 6.54 Å². The van der Waals surface area contributed by atoms with Gasteiger partial charge in [-0.15, -0.1) is 0 Å². The van der Waals surface area contributed by atoms with Crippen LogP contribution in [-0.4, -0.2) is 16.0 Å². The number of hydrogen-bond acceptors (Lipinski definition) is 2. The molecule has 1 aromatic rings. The van der Waals surface area contributed by atoms with E-state index in [0.29, 0.717) is 10.4 Å². The quantitative estimate of drug-likeness (QED) is 0.673. The summed E-state index contributed by atoms with van der Waals surface area (Å²) in [5.41, 5.74) is 0.482. The number of aryl methyl sites for hydroxylation is 1. The van der Waals surface area contributed by atoms with E-state index in [4.69, 9.17) is 5.26 Å². The summed E-state index contributed by atoms with van der Waals surface area (Å²) in [5.74, 6) is 0. The zero-order valence-electron chi connectivity index (χ0n) is 6.76. The maximum absolute atomic E-state index is 11.8. The largest absolute Gasteiger partial charge is 0.408 e. The van der Waals surface area contributed by atoms with Gasteiger partial charge in [-0.25, -0.2) is 0 Å². The molecular formula is C7H6F3N3. The zero-order chi connectivity index (χ0) is 10.1. The van der Waals surface area contributed by atoms with Gasteiger partial charge in [0.2, 0.25) is 0 Å². The van der Waals surface area contributed by atoms with Gasteiger partial charge in [-0.3, -0.25) is 4.68 Å². The number of rotatable bonds is 1. The van der Waals surface area contributed by atoms with E-state index in [-0.39, 0.29) is 5.56 Å². The Morgan fingerprint density at radius 3 is 2.62 bits per heavy atom. The van der Waals surface area contributed by atoms with Crippen molar-refractivity contribution in [3.8, 4) is 6.07 Å². The first kappa shape index (κ1) is 9.58. The number of nitriles is 1. The number of aromatic nitrogens is 2. The van der Waals surface area contributed by atoms with E-state index in [0.717, 1.165) is 6.20 Å². The number of halogens is 3. The fourth-order valence-corrected chi connectivity index (χ4v) is 0.892. The summed E-state index contributed by atoms with van der Waals surface area (Å²) < 4.78 is 36.2. The molecule has 1 aromatic heterocycles. The van der Waals surface area contributed by atoms with Gasteiger partial charge in [0.1, 0.15) is 12.6 Å². The lowest BCUT2D eigenvalue weighted by Crippen LogP contribution is -2.17. The highest BCUT2D eigenvalue weighted by Gasteiger charge is 2.28. The third-order valence-corrected chi connectivity index (χ3v) is 1.41. The van der Waals surface area contributed by atoms with Crippen molar-refractivity contribution in [3.63, 3.8) is 0 Å². The Morgan fingerprint density at radius 2 is 2.23 bits per heavy atom. The van der Waals surface area contributed by atoms with Crippen molar-refractivity contribution < 1.29 is 13.2 Å². The highest BCUT2D eigenvalue weighted by atomic mass is 19.4. The smallest absolute Gasteiger partial charge is 0.262 e. The Morgan fingerprint density at radius 1 is 1.62 bits per heavy atom. The molecule has 13 heavy (non-hydrogen) atoms. The molecular weight excluding hydrogens is 183 g/mol. The number of hydrogen-bond donors (Lipinski definition) is 0. The topological polar surface area (TPSA) is 41.6 Å². The highest BCUT2D eigenvalue weighted by molar-refractivity contribution is 5.29. The van der Waals surface area contributed by atoms with Crippen LogP contribution in [0.2, 0.25) is 0 Å². The minimum atomic E-state index is -4.30. The van der Waals surface area contributed by atoms with E-state index in [9.17, 15) is 13.2 Å². The monoisotopic (exact) mass is 189 g/mol. The van der Waals surface area contributed by atoms with Gasteiger partial charge < -0.3 is 0 Å². The fraction of sp³-hybridized carbons (Fsp3) is 0.429. The van der Waals surface area contributed by atoms with Gasteiger partial charge in [-0.05, 0) is 6.92 Å². The van der Waals surface area contributed by atoms with Crippen molar-refractivity contribution in [2.75, 3.05) is 0 Å². The Kier molecular flexibility index (Phi) is 2.28. The second kappa shape index (κ2) is 3.09. The van der Waals surface area contributed by atoms with Crippen molar-refractivity contribution in [2.24, 2.45) is 0 Å². The van der Waals surface area contributed by atoms with E-state index in [1.807, 2.05) is 0 Å². The van der Waals surface area contributed by atoms with Crippen molar-refractivity contribution in [1.29, 1.82) is 5.26 Å². The third-order valence-electron chi connectivity index (χ3n) is 1.41. The SMILES string of the molecule is Cc1nn(CC(F)(F)F)cc1C#N. The second-order valence-corrected chi connectivity index (χ2v) is 2.55. The molecule has 0 aromatic carbocycles. The molecule has 1 rings (SSSR count). The third kappa shape index (κ3) is 2.47. The molecule has 0 bridgehead atoms. The summed E-state index contributed by atoms with van der Waals surface area (Å²) in [5, 5.41) is 12.0. The van der Waals surface area contributed by atoms with Crippen molar-refractivity contribution in [2.45, 2.75) is 19.6 Å². The first-order valence-corrected chi connectivity index (χ1v) is 3.43. The second-order valence-electron chi connectivity index (χ2n) is 2.55. The Labute approximate surface area is 72.4 Å². The fourth-order valence-electron chi connectivity index (χ4n) is 0.892. The molecule has 0 aliphatic rings. The number of nitrogens with zero attached hydrogens (tertiary/aromatic N) is 3. The molecule has 0 N–H and O–H groups in total. The van der Waals surface area contributed by atoms with Crippen LogP contribution >= 0.6 is 0 Å². The Hall–Kier alpha value is -1.51. The maximum Gasteiger partial charge on any atom is 0.408 e. The average Bonchev–Trinajstić information content (AvgIpc) is 2.26. The van der Waals surface area contributed by atoms with E-state index in [1.54, 1.807) is 6.07 Å². The van der Waals surface area contributed by atoms with Crippen LogP contribution in [0.15, 0.2) is 6.20 Å². The van der Waals surface area contributed by atoms with E-state index < -0.39 is 12.7 Å². The standard InChI is InChI=1S/C7H6F3N3/c1-5-6(2-11)3-13(12-5)4-7(8,9)10/h3H,4H2,1H3. The predicted molar refractivity (Wildman–Crippen MR) is 37.7 cm³/mol. The van der Waals surface area contributed by atoms with Crippen molar-refractivity contribution in [1.82, 2.24) is 9.78 Å². The van der Waals surface area contributed by atoms with Crippen LogP contribution in [0.4, 0.5) is 13.2 Å². The normalized spacial score (nSPS) is 11.3. The van der Waals surface area contributed by atoms with Crippen molar-refractivity contribution >= 4 is 0 Å². The molecule has 0 aliphatic carbocycles. The molecule has 0 radical (unpaired) electrons. The summed E-state index contributed by atoms with van der Waals surface area (Å²) in [6.45, 7) is 0.334. The minimum absolute atomic E-state index is 0.171. The molecule has 3 nitrogen and oxygen atoms in total. The minimum Gasteiger partial charge on any atom is -0.262 e. The van der Waals surface area contributed by atoms with Crippen LogP contribution in [0.5, 0.6) is 0 Å². The van der Waals surface area contributed by atoms with Crippen molar-refractivity contribution in [3.05, 3.63) is 17.5 Å². The molecule has 70 valence electrons. The van der Waals surface area contributed by atoms with Crippen LogP contribution in [0.3, 0.4) is 0 Å². The molecule has 0 spiro atoms. The summed E-state index contributed by atoms with van der Waals surface area (Å²) in [4.78, 5) is 0. The lowest BCUT2D eigenvalue weighted by Gasteiger charge is -2.04. The molecule has 0 aliphatic heterocycles. The lowest BCUT2D eigenvalue weighted by molar-refractivity contribution is -0.142. The molecule has 6 heteroatoms. The van der Waals surface area contributed by atoms with E-state index >= 15 is 0 Å². The van der Waals surface area contributed by atoms with Crippen LogP contribution < -0.4 is 0 Å². The summed E-state index contributed by atoms with van der Waals surface area (Å²) in [6, 6.07) is 1.75. The highest BCUT2D eigenvalue weighted by Crippen LogP contribution is 2.17. The molecule has 0 saturated carbocycles. The van der Waals surface area contributed by atoms with Crippen LogP contribution in [0.1, 0.15) is 11.3 Å². The van der Waals surface area contributed by atoms with Gasteiger partial charge >= 0.3 is 6.18 Å². The van der Waals surface area contributed by atoms with Gasteiger partial charge in [0.25, 0.3) is 0 Å². The molecule has 0 atom stereocenters. The van der Waals surface area contributed by atoms with Gasteiger partial charge in [-0.1, -0.05) is 0 Å². The summed E-state index contributed by atoms with van der Waals surface area (Å²) in [7, 11) is 0. The summed E-state index contributed by atoms with van der Waals surface area (Å²) in [6.07, 6.45) is -3.21. The summed E-state index contributed by atoms with van der Waals surface area (Å²) >= 11 is 0. The van der Waals surface area contributed by atoms with Gasteiger partial charge in [0.05, 0.1) is 11.3 Å². The Balaban J connectivity index is 2.87. The van der Waals surface area contributed by atoms with E-state index in [2.05, 4.69) is 5.10 Å². The molecule has 0 unspecified atom stereocenters. The predicted octanol–water partition coefficient (Wildman–Crippen LogP) is 1.63. The first-order chi connectivity index (χ1) is 5.92. The van der Waals surface area contributed by atoms with Gasteiger partial charge in [0, 0.05) is 6.20 Å². The molecule has 0 amide bonds. The molecule has 1 heterocycles. The average molecular weight is 189 g/mol. The zero-order valence-corrected chi connectivity index (χ0v) is 6.76.